The minimum Gasteiger partial charge on any atom is -0.507 e. The number of phenols is 2. The Morgan fingerprint density at radius 3 is 1.53 bits per heavy atom. The maximum absolute atomic E-state index is 14.4. The molecule has 0 unspecified atom stereocenters. The quantitative estimate of drug-likeness (QED) is 0.189. The Hall–Kier alpha value is -4.48. The van der Waals surface area contributed by atoms with Crippen LogP contribution in [0.1, 0.15) is 61.7 Å². The maximum atomic E-state index is 14.4. The number of aliphatic hydroxyl groups excluding tert-OH is 5. The Morgan fingerprint density at radius 2 is 1.04 bits per heavy atom. The average molecular weight is 655 g/mol. The number of carbonyl (C=O) groups excluding carboxylic acids is 4. The molecule has 248 valence electrons. The predicted octanol–water partition coefficient (Wildman–Crippen LogP) is -1.14. The van der Waals surface area contributed by atoms with Crippen molar-refractivity contribution < 1.29 is 74.6 Å². The Morgan fingerprint density at radius 1 is 0.617 bits per heavy atom. The number of ether oxygens (including phenoxy) is 2. The van der Waals surface area contributed by atoms with Gasteiger partial charge in [0.1, 0.15) is 58.6 Å². The molecule has 0 aromatic heterocycles. The molecule has 7 atom stereocenters. The van der Waals surface area contributed by atoms with Crippen LogP contribution in [0.25, 0.3) is 11.1 Å². The van der Waals surface area contributed by atoms with Crippen LogP contribution in [-0.4, -0.2) is 125 Å². The lowest BCUT2D eigenvalue weighted by Gasteiger charge is -2.44. The Kier molecular flexibility index (Phi) is 7.08. The highest BCUT2D eigenvalue weighted by Crippen LogP contribution is 2.54. The number of Topliss-reactive ketones (excluding diaryl/α,β-unsaturated/α-hetero) is 4. The minimum atomic E-state index is -2.55. The minimum absolute atomic E-state index is 0.374. The number of hydrogen-bond acceptors (Lipinski definition) is 15. The Bertz CT molecular complexity index is 1910. The van der Waals surface area contributed by atoms with Gasteiger partial charge in [0, 0.05) is 63.1 Å². The van der Waals surface area contributed by atoms with Gasteiger partial charge in [0.25, 0.3) is 0 Å². The second-order valence-electron chi connectivity index (χ2n) is 12.3. The number of methoxy groups -OCH3 is 2. The zero-order valence-corrected chi connectivity index (χ0v) is 25.2. The third-order valence-corrected chi connectivity index (χ3v) is 9.68. The molecule has 0 aliphatic heterocycles. The lowest BCUT2D eigenvalue weighted by atomic mass is 9.66. The molecule has 4 aliphatic carbocycles. The molecule has 0 saturated carbocycles. The number of aromatic hydroxyl groups is 2. The molecule has 9 N–H and O–H groups in total. The highest BCUT2D eigenvalue weighted by atomic mass is 16.5. The number of carbonyl (C=O) groups is 4. The van der Waals surface area contributed by atoms with Crippen LogP contribution < -0.4 is 9.47 Å². The summed E-state index contributed by atoms with van der Waals surface area (Å²) >= 11 is 0. The summed E-state index contributed by atoms with van der Waals surface area (Å²) in [7, 11) is 2.20. The zero-order chi connectivity index (χ0) is 34.8. The van der Waals surface area contributed by atoms with Crippen LogP contribution in [0.4, 0.5) is 0 Å². The molecule has 0 amide bonds. The fraction of sp³-hybridized carbons (Fsp3) is 0.375. The van der Waals surface area contributed by atoms with Gasteiger partial charge in [-0.05, 0) is 13.8 Å². The topological polar surface area (TPSA) is 269 Å². The van der Waals surface area contributed by atoms with Gasteiger partial charge in [0.05, 0.1) is 31.5 Å². The molecule has 0 saturated heterocycles. The largest absolute Gasteiger partial charge is 0.507 e. The molecule has 0 fully saturated rings. The second kappa shape index (κ2) is 10.3. The van der Waals surface area contributed by atoms with Gasteiger partial charge in [0.2, 0.25) is 0 Å². The van der Waals surface area contributed by atoms with E-state index in [0.717, 1.165) is 40.2 Å². The average Bonchev–Trinajstić information content (AvgIpc) is 3.01. The van der Waals surface area contributed by atoms with Crippen LogP contribution in [0.15, 0.2) is 34.4 Å². The summed E-state index contributed by atoms with van der Waals surface area (Å²) in [6.07, 6.45) is -10.9. The molecular formula is C32H30O15. The third kappa shape index (κ3) is 3.99. The van der Waals surface area contributed by atoms with E-state index in [1.165, 1.54) is 0 Å². The van der Waals surface area contributed by atoms with Crippen LogP contribution >= 0.6 is 0 Å². The Balaban J connectivity index is 1.73. The molecule has 15 heteroatoms. The number of aliphatic hydroxyl groups is 7. The van der Waals surface area contributed by atoms with Gasteiger partial charge in [-0.3, -0.25) is 19.2 Å². The second-order valence-corrected chi connectivity index (χ2v) is 12.3. The van der Waals surface area contributed by atoms with E-state index in [1.807, 2.05) is 0 Å². The van der Waals surface area contributed by atoms with Gasteiger partial charge in [-0.2, -0.15) is 0 Å². The van der Waals surface area contributed by atoms with Crippen molar-refractivity contribution in [2.45, 2.75) is 62.0 Å². The third-order valence-electron chi connectivity index (χ3n) is 9.68. The molecule has 4 aliphatic rings. The number of rotatable bonds is 3. The maximum Gasteiger partial charge on any atom is 0.196 e. The van der Waals surface area contributed by atoms with Gasteiger partial charge >= 0.3 is 0 Å². The number of phenolic OH excluding ortho intramolecular Hbond substituents is 2. The molecular weight excluding hydrogens is 624 g/mol. The van der Waals surface area contributed by atoms with Gasteiger partial charge < -0.3 is 55.4 Å². The number of ketones is 4. The van der Waals surface area contributed by atoms with Crippen molar-refractivity contribution in [2.24, 2.45) is 0 Å². The SMILES string of the molecule is COc1cc(O)c2c(c1-c1c(OC)cc(O)c3c1C(=O)C1=C(C[C@@H](O)[C@@](C)(O)[C@@H]1O)C3=O)C(=O)C1=C(C2=O)[C@H](O)[C@@H](O)[C@@](C)(O)[C@@H]1O. The summed E-state index contributed by atoms with van der Waals surface area (Å²) in [5.74, 6) is -7.02. The number of fused-ring (bicyclic) bond motifs is 2. The zero-order valence-electron chi connectivity index (χ0n) is 25.2. The van der Waals surface area contributed by atoms with E-state index >= 15 is 0 Å². The smallest absolute Gasteiger partial charge is 0.196 e. The van der Waals surface area contributed by atoms with E-state index in [9.17, 15) is 65.1 Å². The van der Waals surface area contributed by atoms with Crippen LogP contribution in [0.3, 0.4) is 0 Å². The first-order valence-corrected chi connectivity index (χ1v) is 14.2. The number of benzene rings is 2. The van der Waals surface area contributed by atoms with Crippen molar-refractivity contribution >= 4 is 23.1 Å². The first kappa shape index (κ1) is 32.5. The van der Waals surface area contributed by atoms with Crippen molar-refractivity contribution in [3.63, 3.8) is 0 Å². The molecule has 2 aromatic rings. The predicted molar refractivity (Wildman–Crippen MR) is 156 cm³/mol. The summed E-state index contributed by atoms with van der Waals surface area (Å²) in [5.41, 5.74) is -11.2. The summed E-state index contributed by atoms with van der Waals surface area (Å²) < 4.78 is 10.9. The molecule has 0 bridgehead atoms. The van der Waals surface area contributed by atoms with Crippen LogP contribution in [0.5, 0.6) is 23.0 Å². The first-order chi connectivity index (χ1) is 21.9. The molecule has 6 rings (SSSR count). The first-order valence-electron chi connectivity index (χ1n) is 14.2. The highest BCUT2D eigenvalue weighted by Gasteiger charge is 2.57. The monoisotopic (exact) mass is 654 g/mol. The normalized spacial score (nSPS) is 31.8. The van der Waals surface area contributed by atoms with Crippen LogP contribution in [0.2, 0.25) is 0 Å². The molecule has 47 heavy (non-hydrogen) atoms. The highest BCUT2D eigenvalue weighted by molar-refractivity contribution is 6.34. The lowest BCUT2D eigenvalue weighted by Crippen LogP contribution is -2.61. The van der Waals surface area contributed by atoms with E-state index in [0.29, 0.717) is 0 Å². The fourth-order valence-electron chi connectivity index (χ4n) is 6.94. The van der Waals surface area contributed by atoms with Crippen molar-refractivity contribution in [1.82, 2.24) is 0 Å². The number of hydrogen-bond donors (Lipinski definition) is 9. The van der Waals surface area contributed by atoms with Crippen molar-refractivity contribution in [3.8, 4) is 34.1 Å². The van der Waals surface area contributed by atoms with E-state index in [1.54, 1.807) is 0 Å². The van der Waals surface area contributed by atoms with Crippen molar-refractivity contribution in [3.05, 3.63) is 56.7 Å². The van der Waals surface area contributed by atoms with E-state index in [-0.39, 0.29) is 17.1 Å². The van der Waals surface area contributed by atoms with Crippen LogP contribution in [-0.2, 0) is 0 Å². The molecule has 15 nitrogen and oxygen atoms in total. The van der Waals surface area contributed by atoms with Gasteiger partial charge in [-0.1, -0.05) is 0 Å². The van der Waals surface area contributed by atoms with Gasteiger partial charge in [-0.25, -0.2) is 0 Å². The van der Waals surface area contributed by atoms with Crippen molar-refractivity contribution in [1.29, 1.82) is 0 Å². The fourth-order valence-corrected chi connectivity index (χ4v) is 6.94. The van der Waals surface area contributed by atoms with Gasteiger partial charge in [-0.15, -0.1) is 0 Å². The van der Waals surface area contributed by atoms with E-state index < -0.39 is 133 Å². The summed E-state index contributed by atoms with van der Waals surface area (Å²) in [6, 6.07) is 1.81. The van der Waals surface area contributed by atoms with E-state index in [2.05, 4.69) is 0 Å². The molecule has 0 radical (unpaired) electrons. The standard InChI is InChI=1S/C32H30O15/c1-31(44)13(35)5-8-14(28(31)41)24(37)19-15(23(8)36)9(33)6-11(46-3)17(19)18-12(47-4)7-10(34)16-20(18)26(39)22-21(25(16)38)27(40)30(43)32(2,45)29(22)42/h6-7,13,27-30,33-35,40-45H,5H2,1-4H3/t13-,27+,28-,29-,30-,31-,32+/m1/s1. The molecule has 0 spiro atoms. The Labute approximate surface area is 264 Å². The van der Waals surface area contributed by atoms with E-state index in [4.69, 9.17) is 9.47 Å². The van der Waals surface area contributed by atoms with Crippen molar-refractivity contribution in [2.75, 3.05) is 14.2 Å². The lowest BCUT2D eigenvalue weighted by molar-refractivity contribution is -0.158. The summed E-state index contributed by atoms with van der Waals surface area (Å²) in [6.45, 7) is 1.97. The van der Waals surface area contributed by atoms with Gasteiger partial charge in [0.15, 0.2) is 23.1 Å². The van der Waals surface area contributed by atoms with Crippen LogP contribution in [0, 0.1) is 0 Å². The molecule has 0 heterocycles. The summed E-state index contributed by atoms with van der Waals surface area (Å²) in [5, 5.41) is 97.5. The molecule has 2 aromatic carbocycles. The summed E-state index contributed by atoms with van der Waals surface area (Å²) in [4.78, 5) is 56.4.